The number of hydrogen-bond acceptors (Lipinski definition) is 1. The van der Waals surface area contributed by atoms with Crippen molar-refractivity contribution in [2.24, 2.45) is 5.92 Å². The molecule has 0 bridgehead atoms. The first-order valence-corrected chi connectivity index (χ1v) is 6.41. The minimum Gasteiger partial charge on any atom is -0.481 e. The molecule has 0 amide bonds. The Morgan fingerprint density at radius 3 is 2.12 bits per heavy atom. The molecule has 1 aliphatic rings. The quantitative estimate of drug-likeness (QED) is 0.633. The maximum Gasteiger partial charge on any atom is 0.310 e. The van der Waals surface area contributed by atoms with Crippen molar-refractivity contribution in [1.82, 2.24) is 0 Å². The van der Waals surface area contributed by atoms with Crippen LogP contribution in [0.25, 0.3) is 0 Å². The molecule has 1 aliphatic carbocycles. The lowest BCUT2D eigenvalue weighted by molar-refractivity contribution is -0.138. The zero-order valence-electron chi connectivity index (χ0n) is 8.05. The third kappa shape index (κ3) is 2.22. The Bertz CT molecular complexity index is 500. The molecule has 1 N–H and O–H groups in total. The number of hydrogen-bond donors (Lipinski definition) is 1. The van der Waals surface area contributed by atoms with Crippen molar-refractivity contribution >= 4 is 64.0 Å². The number of carboxylic acid groups (broad SMARTS) is 1. The van der Waals surface area contributed by atoms with Crippen molar-refractivity contribution in [3.63, 3.8) is 0 Å². The van der Waals surface area contributed by atoms with E-state index in [-0.39, 0.29) is 5.02 Å². The molecule has 0 aliphatic heterocycles. The van der Waals surface area contributed by atoms with Crippen LogP contribution in [0.15, 0.2) is 12.1 Å². The average molecular weight is 334 g/mol. The molecule has 2 unspecified atom stereocenters. The van der Waals surface area contributed by atoms with Crippen LogP contribution in [0.4, 0.5) is 0 Å². The second-order valence-corrected chi connectivity index (χ2v) is 6.42. The molecule has 2 nitrogen and oxygen atoms in total. The van der Waals surface area contributed by atoms with Crippen molar-refractivity contribution in [3.05, 3.63) is 32.8 Å². The second-order valence-electron chi connectivity index (χ2n) is 3.76. The SMILES string of the molecule is O=C(O)C1C(c2cc(Cl)c(Cl)cc2Cl)C1(Cl)Cl. The Kier molecular flexibility index (Phi) is 3.48. The molecule has 92 valence electrons. The molecule has 1 saturated carbocycles. The van der Waals surface area contributed by atoms with E-state index in [4.69, 9.17) is 63.1 Å². The van der Waals surface area contributed by atoms with Crippen LogP contribution in [0, 0.1) is 5.92 Å². The van der Waals surface area contributed by atoms with Crippen LogP contribution in [0.1, 0.15) is 11.5 Å². The molecule has 2 atom stereocenters. The van der Waals surface area contributed by atoms with Gasteiger partial charge in [0.25, 0.3) is 0 Å². The van der Waals surface area contributed by atoms with E-state index in [9.17, 15) is 4.79 Å². The molecule has 1 fully saturated rings. The van der Waals surface area contributed by atoms with Gasteiger partial charge in [-0.05, 0) is 17.7 Å². The number of carbonyl (C=O) groups is 1. The highest BCUT2D eigenvalue weighted by Crippen LogP contribution is 2.66. The Labute approximate surface area is 122 Å². The fourth-order valence-electron chi connectivity index (χ4n) is 1.80. The van der Waals surface area contributed by atoms with Gasteiger partial charge in [0, 0.05) is 10.9 Å². The Balaban J connectivity index is 2.44. The lowest BCUT2D eigenvalue weighted by atomic mass is 10.1. The highest BCUT2D eigenvalue weighted by Gasteiger charge is 2.68. The van der Waals surface area contributed by atoms with E-state index in [0.29, 0.717) is 15.6 Å². The van der Waals surface area contributed by atoms with Crippen LogP contribution in [-0.2, 0) is 4.79 Å². The third-order valence-electron chi connectivity index (χ3n) is 2.69. The van der Waals surface area contributed by atoms with E-state index < -0.39 is 22.1 Å². The lowest BCUT2D eigenvalue weighted by Crippen LogP contribution is -2.03. The summed E-state index contributed by atoms with van der Waals surface area (Å²) in [5.74, 6) is -2.53. The van der Waals surface area contributed by atoms with Crippen LogP contribution in [0.2, 0.25) is 15.1 Å². The number of carboxylic acids is 1. The number of aliphatic carboxylic acids is 1. The van der Waals surface area contributed by atoms with Crippen molar-refractivity contribution in [2.75, 3.05) is 0 Å². The second kappa shape index (κ2) is 4.36. The molecule has 1 aromatic rings. The summed E-state index contributed by atoms with van der Waals surface area (Å²) in [5.41, 5.74) is 0.499. The fraction of sp³-hybridized carbons (Fsp3) is 0.300. The summed E-state index contributed by atoms with van der Waals surface area (Å²) in [6, 6.07) is 2.95. The van der Waals surface area contributed by atoms with Gasteiger partial charge in [-0.25, -0.2) is 0 Å². The van der Waals surface area contributed by atoms with Gasteiger partial charge in [0.05, 0.1) is 10.0 Å². The summed E-state index contributed by atoms with van der Waals surface area (Å²) in [4.78, 5) is 11.0. The van der Waals surface area contributed by atoms with Crippen molar-refractivity contribution < 1.29 is 9.90 Å². The Hall–Kier alpha value is 0.140. The van der Waals surface area contributed by atoms with E-state index in [1.54, 1.807) is 0 Å². The monoisotopic (exact) mass is 332 g/mol. The smallest absolute Gasteiger partial charge is 0.310 e. The first kappa shape index (κ1) is 13.6. The lowest BCUT2D eigenvalue weighted by Gasteiger charge is -2.05. The zero-order chi connectivity index (χ0) is 13.0. The molecule has 0 aromatic heterocycles. The number of halogens is 5. The first-order valence-electron chi connectivity index (χ1n) is 4.52. The van der Waals surface area contributed by atoms with E-state index in [2.05, 4.69) is 0 Å². The molecule has 17 heavy (non-hydrogen) atoms. The molecule has 1 aromatic carbocycles. The summed E-state index contributed by atoms with van der Waals surface area (Å²) >= 11 is 29.5. The minimum atomic E-state index is -1.35. The van der Waals surface area contributed by atoms with Gasteiger partial charge in [-0.1, -0.05) is 58.0 Å². The van der Waals surface area contributed by atoms with Gasteiger partial charge in [-0.15, -0.1) is 0 Å². The molecule has 0 spiro atoms. The normalized spacial score (nSPS) is 25.7. The average Bonchev–Trinajstić information content (AvgIpc) is 2.75. The van der Waals surface area contributed by atoms with E-state index in [1.165, 1.54) is 12.1 Å². The zero-order valence-corrected chi connectivity index (χ0v) is 11.8. The minimum absolute atomic E-state index is 0.284. The van der Waals surface area contributed by atoms with Crippen LogP contribution in [0.5, 0.6) is 0 Å². The summed E-state index contributed by atoms with van der Waals surface area (Å²) in [7, 11) is 0. The summed E-state index contributed by atoms with van der Waals surface area (Å²) in [6.07, 6.45) is 0. The highest BCUT2D eigenvalue weighted by molar-refractivity contribution is 6.53. The third-order valence-corrected chi connectivity index (χ3v) is 4.68. The fourth-order valence-corrected chi connectivity index (χ4v) is 3.27. The Morgan fingerprint density at radius 1 is 1.12 bits per heavy atom. The van der Waals surface area contributed by atoms with E-state index >= 15 is 0 Å². The molecule has 7 heteroatoms. The number of benzene rings is 1. The van der Waals surface area contributed by atoms with Crippen molar-refractivity contribution in [3.8, 4) is 0 Å². The predicted octanol–water partition coefficient (Wildman–Crippen LogP) is 4.62. The molecule has 0 radical (unpaired) electrons. The highest BCUT2D eigenvalue weighted by atomic mass is 35.5. The molecule has 0 saturated heterocycles. The molecular weight excluding hydrogens is 329 g/mol. The maximum absolute atomic E-state index is 11.0. The standard InChI is InChI=1S/C10H5Cl5O2/c11-4-2-6(13)5(12)1-3(4)7-8(9(16)17)10(7,14)15/h1-2,7-8H,(H,16,17). The first-order chi connectivity index (χ1) is 7.76. The van der Waals surface area contributed by atoms with E-state index in [1.807, 2.05) is 0 Å². The number of alkyl halides is 2. The van der Waals surface area contributed by atoms with Crippen LogP contribution in [-0.4, -0.2) is 15.4 Å². The van der Waals surface area contributed by atoms with Gasteiger partial charge < -0.3 is 5.11 Å². The Morgan fingerprint density at radius 2 is 1.65 bits per heavy atom. The summed E-state index contributed by atoms with van der Waals surface area (Å²) < 4.78 is -1.35. The predicted molar refractivity (Wildman–Crippen MR) is 69.8 cm³/mol. The summed E-state index contributed by atoms with van der Waals surface area (Å²) in [6.45, 7) is 0. The van der Waals surface area contributed by atoms with Crippen molar-refractivity contribution in [1.29, 1.82) is 0 Å². The maximum atomic E-state index is 11.0. The van der Waals surface area contributed by atoms with E-state index in [0.717, 1.165) is 0 Å². The van der Waals surface area contributed by atoms with Gasteiger partial charge >= 0.3 is 5.97 Å². The largest absolute Gasteiger partial charge is 0.481 e. The van der Waals surface area contributed by atoms with Crippen LogP contribution < -0.4 is 0 Å². The van der Waals surface area contributed by atoms with Gasteiger partial charge in [-0.2, -0.15) is 0 Å². The molecular formula is C10H5Cl5O2. The van der Waals surface area contributed by atoms with Crippen molar-refractivity contribution in [2.45, 2.75) is 10.3 Å². The van der Waals surface area contributed by atoms with Crippen LogP contribution in [0.3, 0.4) is 0 Å². The summed E-state index contributed by atoms with van der Waals surface area (Å²) in [5, 5.41) is 9.85. The molecule has 0 heterocycles. The van der Waals surface area contributed by atoms with Crippen LogP contribution >= 0.6 is 58.0 Å². The van der Waals surface area contributed by atoms with Gasteiger partial charge in [-0.3, -0.25) is 4.79 Å². The van der Waals surface area contributed by atoms with Gasteiger partial charge in [0.2, 0.25) is 0 Å². The molecule has 2 rings (SSSR count). The topological polar surface area (TPSA) is 37.3 Å². The van der Waals surface area contributed by atoms with Gasteiger partial charge in [0.1, 0.15) is 10.3 Å². The van der Waals surface area contributed by atoms with Gasteiger partial charge in [0.15, 0.2) is 0 Å². The number of rotatable bonds is 2.